The van der Waals surface area contributed by atoms with Crippen molar-refractivity contribution in [1.82, 2.24) is 10.4 Å². The highest BCUT2D eigenvalue weighted by molar-refractivity contribution is 5.94. The van der Waals surface area contributed by atoms with E-state index in [2.05, 4.69) is 15.5 Å². The highest BCUT2D eigenvalue weighted by Gasteiger charge is 2.01. The third-order valence-corrected chi connectivity index (χ3v) is 2.40. The molecule has 5 heteroatoms. The molecule has 1 heterocycles. The summed E-state index contributed by atoms with van der Waals surface area (Å²) in [6.45, 7) is 2.02. The maximum atomic E-state index is 11.6. The van der Waals surface area contributed by atoms with E-state index in [4.69, 9.17) is 0 Å². The lowest BCUT2D eigenvalue weighted by Crippen LogP contribution is -2.17. The molecule has 0 aliphatic heterocycles. The highest BCUT2D eigenvalue weighted by atomic mass is 16.2. The SMILES string of the molecule is Cc1ccc(/C=N/NC(=O)c2ccncc2)cc1.O. The van der Waals surface area contributed by atoms with Crippen LogP contribution in [0.3, 0.4) is 0 Å². The molecule has 1 aromatic heterocycles. The monoisotopic (exact) mass is 257 g/mol. The number of amides is 1. The average Bonchev–Trinajstić information content (AvgIpc) is 2.42. The van der Waals surface area contributed by atoms with Gasteiger partial charge in [-0.3, -0.25) is 9.78 Å². The quantitative estimate of drug-likeness (QED) is 0.664. The van der Waals surface area contributed by atoms with Crippen molar-refractivity contribution in [2.24, 2.45) is 5.10 Å². The van der Waals surface area contributed by atoms with Crippen LogP contribution in [0.2, 0.25) is 0 Å². The number of nitrogens with one attached hydrogen (secondary N) is 1. The summed E-state index contributed by atoms with van der Waals surface area (Å²) in [5.74, 6) is -0.249. The standard InChI is InChI=1S/C14H13N3O.H2O/c1-11-2-4-12(5-3-11)10-16-17-14(18)13-6-8-15-9-7-13;/h2-10H,1H3,(H,17,18);1H2/b16-10+;. The summed E-state index contributed by atoms with van der Waals surface area (Å²) < 4.78 is 0. The van der Waals surface area contributed by atoms with E-state index in [0.717, 1.165) is 5.56 Å². The van der Waals surface area contributed by atoms with Crippen LogP contribution >= 0.6 is 0 Å². The predicted octanol–water partition coefficient (Wildman–Crippen LogP) is 1.33. The van der Waals surface area contributed by atoms with Crippen molar-refractivity contribution in [3.63, 3.8) is 0 Å². The van der Waals surface area contributed by atoms with E-state index in [1.807, 2.05) is 31.2 Å². The number of benzene rings is 1. The van der Waals surface area contributed by atoms with Crippen molar-refractivity contribution in [2.45, 2.75) is 6.92 Å². The molecule has 0 atom stereocenters. The van der Waals surface area contributed by atoms with Gasteiger partial charge in [-0.25, -0.2) is 5.43 Å². The molecule has 2 rings (SSSR count). The number of rotatable bonds is 3. The number of hydrogen-bond acceptors (Lipinski definition) is 3. The predicted molar refractivity (Wildman–Crippen MR) is 74.1 cm³/mol. The van der Waals surface area contributed by atoms with Gasteiger partial charge in [0.15, 0.2) is 0 Å². The van der Waals surface area contributed by atoms with Crippen molar-refractivity contribution in [2.75, 3.05) is 0 Å². The number of aromatic nitrogens is 1. The number of hydrazone groups is 1. The van der Waals surface area contributed by atoms with Crippen LogP contribution in [-0.2, 0) is 0 Å². The van der Waals surface area contributed by atoms with E-state index in [1.54, 1.807) is 30.7 Å². The lowest BCUT2D eigenvalue weighted by molar-refractivity contribution is 0.0955. The zero-order valence-electron chi connectivity index (χ0n) is 10.5. The Bertz CT molecular complexity index is 551. The van der Waals surface area contributed by atoms with Crippen LogP contribution in [0.15, 0.2) is 53.9 Å². The lowest BCUT2D eigenvalue weighted by atomic mass is 10.2. The smallest absolute Gasteiger partial charge is 0.271 e. The normalized spacial score (nSPS) is 9.95. The maximum absolute atomic E-state index is 11.6. The molecule has 0 saturated carbocycles. The first-order chi connectivity index (χ1) is 8.75. The average molecular weight is 257 g/mol. The van der Waals surface area contributed by atoms with Crippen molar-refractivity contribution in [3.8, 4) is 0 Å². The summed E-state index contributed by atoms with van der Waals surface area (Å²) >= 11 is 0. The Morgan fingerprint density at radius 2 is 1.79 bits per heavy atom. The van der Waals surface area contributed by atoms with Crippen LogP contribution in [0.5, 0.6) is 0 Å². The fourth-order valence-corrected chi connectivity index (χ4v) is 1.39. The van der Waals surface area contributed by atoms with Crippen LogP contribution in [0.4, 0.5) is 0 Å². The van der Waals surface area contributed by atoms with Gasteiger partial charge in [0.05, 0.1) is 6.21 Å². The van der Waals surface area contributed by atoms with E-state index in [1.165, 1.54) is 5.56 Å². The Kier molecular flexibility index (Phi) is 5.37. The molecule has 0 aliphatic carbocycles. The molecule has 0 radical (unpaired) electrons. The zero-order valence-corrected chi connectivity index (χ0v) is 10.5. The van der Waals surface area contributed by atoms with Crippen LogP contribution in [-0.4, -0.2) is 22.6 Å². The molecule has 0 aliphatic rings. The van der Waals surface area contributed by atoms with Gasteiger partial charge in [0.1, 0.15) is 0 Å². The topological polar surface area (TPSA) is 85.8 Å². The number of carbonyl (C=O) groups is 1. The number of carbonyl (C=O) groups excluding carboxylic acids is 1. The highest BCUT2D eigenvalue weighted by Crippen LogP contribution is 2.00. The lowest BCUT2D eigenvalue weighted by Gasteiger charge is -1.98. The summed E-state index contributed by atoms with van der Waals surface area (Å²) in [6, 6.07) is 11.1. The maximum Gasteiger partial charge on any atom is 0.271 e. The fraction of sp³-hybridized carbons (Fsp3) is 0.0714. The summed E-state index contributed by atoms with van der Waals surface area (Å²) in [5, 5.41) is 3.90. The van der Waals surface area contributed by atoms with Gasteiger partial charge in [0.2, 0.25) is 0 Å². The van der Waals surface area contributed by atoms with Gasteiger partial charge in [-0.1, -0.05) is 29.8 Å². The van der Waals surface area contributed by atoms with Gasteiger partial charge in [-0.05, 0) is 24.6 Å². The molecule has 0 fully saturated rings. The number of pyridine rings is 1. The van der Waals surface area contributed by atoms with Gasteiger partial charge in [0, 0.05) is 18.0 Å². The van der Waals surface area contributed by atoms with Crippen LogP contribution in [0.1, 0.15) is 21.5 Å². The molecule has 0 bridgehead atoms. The van der Waals surface area contributed by atoms with E-state index >= 15 is 0 Å². The van der Waals surface area contributed by atoms with Gasteiger partial charge < -0.3 is 5.48 Å². The van der Waals surface area contributed by atoms with E-state index in [-0.39, 0.29) is 11.4 Å². The minimum Gasteiger partial charge on any atom is -0.412 e. The molecule has 3 N–H and O–H groups in total. The van der Waals surface area contributed by atoms with Gasteiger partial charge >= 0.3 is 0 Å². The van der Waals surface area contributed by atoms with Crippen LogP contribution < -0.4 is 5.43 Å². The Hall–Kier alpha value is -2.53. The Labute approximate surface area is 111 Å². The van der Waals surface area contributed by atoms with Crippen LogP contribution in [0, 0.1) is 6.92 Å². The van der Waals surface area contributed by atoms with Gasteiger partial charge in [-0.15, -0.1) is 0 Å². The molecule has 1 amide bonds. The third kappa shape index (κ3) is 4.33. The molecular formula is C14H15N3O2. The van der Waals surface area contributed by atoms with Crippen molar-refractivity contribution in [3.05, 3.63) is 65.5 Å². The molecule has 2 aromatic rings. The third-order valence-electron chi connectivity index (χ3n) is 2.40. The molecule has 0 unspecified atom stereocenters. The second kappa shape index (κ2) is 7.03. The molecule has 0 saturated heterocycles. The largest absolute Gasteiger partial charge is 0.412 e. The van der Waals surface area contributed by atoms with Crippen molar-refractivity contribution < 1.29 is 10.3 Å². The van der Waals surface area contributed by atoms with E-state index in [0.29, 0.717) is 5.56 Å². The first-order valence-corrected chi connectivity index (χ1v) is 5.56. The number of aryl methyl sites for hydroxylation is 1. The fourth-order valence-electron chi connectivity index (χ4n) is 1.39. The molecular weight excluding hydrogens is 242 g/mol. The summed E-state index contributed by atoms with van der Waals surface area (Å²) in [4.78, 5) is 15.5. The summed E-state index contributed by atoms with van der Waals surface area (Å²) in [6.07, 6.45) is 4.75. The molecule has 1 aromatic carbocycles. The van der Waals surface area contributed by atoms with Crippen molar-refractivity contribution >= 4 is 12.1 Å². The number of nitrogens with zero attached hydrogens (tertiary/aromatic N) is 2. The molecule has 98 valence electrons. The number of hydrogen-bond donors (Lipinski definition) is 1. The summed E-state index contributed by atoms with van der Waals surface area (Å²) in [7, 11) is 0. The minimum atomic E-state index is -0.249. The minimum absolute atomic E-state index is 0. The Morgan fingerprint density at radius 3 is 2.42 bits per heavy atom. The van der Waals surface area contributed by atoms with E-state index < -0.39 is 0 Å². The van der Waals surface area contributed by atoms with Crippen LogP contribution in [0.25, 0.3) is 0 Å². The van der Waals surface area contributed by atoms with Gasteiger partial charge in [-0.2, -0.15) is 5.10 Å². The molecule has 19 heavy (non-hydrogen) atoms. The van der Waals surface area contributed by atoms with Crippen molar-refractivity contribution in [1.29, 1.82) is 0 Å². The molecule has 5 nitrogen and oxygen atoms in total. The Morgan fingerprint density at radius 1 is 1.16 bits per heavy atom. The Balaban J connectivity index is 0.00000180. The zero-order chi connectivity index (χ0) is 12.8. The van der Waals surface area contributed by atoms with Gasteiger partial charge in [0.25, 0.3) is 5.91 Å². The molecule has 0 spiro atoms. The second-order valence-corrected chi connectivity index (χ2v) is 3.85. The first-order valence-electron chi connectivity index (χ1n) is 5.56. The second-order valence-electron chi connectivity index (χ2n) is 3.85. The first kappa shape index (κ1) is 14.5. The van der Waals surface area contributed by atoms with E-state index in [9.17, 15) is 4.79 Å². The summed E-state index contributed by atoms with van der Waals surface area (Å²) in [5.41, 5.74) is 5.13.